The lowest BCUT2D eigenvalue weighted by Crippen LogP contribution is -2.36. The van der Waals surface area contributed by atoms with Gasteiger partial charge in [0.1, 0.15) is 11.5 Å². The zero-order valence-corrected chi connectivity index (χ0v) is 9.74. The molecular weight excluding hydrogens is 192 g/mol. The van der Waals surface area contributed by atoms with E-state index in [1.807, 2.05) is 13.0 Å². The number of ketones is 1. The lowest BCUT2D eigenvalue weighted by atomic mass is 9.83. The minimum atomic E-state index is -0.616. The van der Waals surface area contributed by atoms with Gasteiger partial charge in [0.25, 0.3) is 0 Å². The summed E-state index contributed by atoms with van der Waals surface area (Å²) in [4.78, 5) is 23.3. The van der Waals surface area contributed by atoms with Crippen molar-refractivity contribution < 1.29 is 14.3 Å². The Bertz CT molecular complexity index is 296. The van der Waals surface area contributed by atoms with Gasteiger partial charge < -0.3 is 4.74 Å². The molecule has 0 N–H and O–H groups in total. The van der Waals surface area contributed by atoms with Gasteiger partial charge >= 0.3 is 5.97 Å². The van der Waals surface area contributed by atoms with Gasteiger partial charge in [0, 0.05) is 0 Å². The molecule has 0 fully saturated rings. The zero-order valence-electron chi connectivity index (χ0n) is 9.74. The van der Waals surface area contributed by atoms with E-state index in [-0.39, 0.29) is 11.7 Å². The van der Waals surface area contributed by atoms with Crippen LogP contribution in [-0.2, 0) is 14.3 Å². The van der Waals surface area contributed by atoms with Gasteiger partial charge in [-0.15, -0.1) is 0 Å². The van der Waals surface area contributed by atoms with Gasteiger partial charge in [-0.25, -0.2) is 0 Å². The van der Waals surface area contributed by atoms with E-state index >= 15 is 0 Å². The lowest BCUT2D eigenvalue weighted by molar-refractivity contribution is -0.163. The van der Waals surface area contributed by atoms with Gasteiger partial charge in [-0.1, -0.05) is 13.0 Å². The van der Waals surface area contributed by atoms with Crippen molar-refractivity contribution in [3.8, 4) is 0 Å². The number of ether oxygens (including phenoxy) is 1. The molecule has 1 rings (SSSR count). The average molecular weight is 210 g/mol. The summed E-state index contributed by atoms with van der Waals surface area (Å²) >= 11 is 0. The van der Waals surface area contributed by atoms with Gasteiger partial charge in [-0.05, 0) is 39.2 Å². The quantitative estimate of drug-likeness (QED) is 0.491. The minimum Gasteiger partial charge on any atom is -0.459 e. The number of carbonyl (C=O) groups excluding carboxylic acids is 2. The molecule has 0 aromatic rings. The Kier molecular flexibility index (Phi) is 3.32. The fraction of sp³-hybridized carbons (Fsp3) is 0.667. The lowest BCUT2D eigenvalue weighted by Gasteiger charge is -2.27. The van der Waals surface area contributed by atoms with Crippen molar-refractivity contribution in [2.75, 3.05) is 0 Å². The van der Waals surface area contributed by atoms with Crippen LogP contribution in [0, 0.1) is 11.8 Å². The van der Waals surface area contributed by atoms with Crippen molar-refractivity contribution in [1.29, 1.82) is 0 Å². The van der Waals surface area contributed by atoms with Gasteiger partial charge in [0.05, 0.1) is 0 Å². The van der Waals surface area contributed by atoms with E-state index in [0.717, 1.165) is 6.42 Å². The predicted octanol–water partition coefficient (Wildman–Crippen LogP) is 2.11. The van der Waals surface area contributed by atoms with E-state index in [4.69, 9.17) is 4.74 Å². The first-order chi connectivity index (χ1) is 6.81. The third-order valence-corrected chi connectivity index (χ3v) is 2.33. The van der Waals surface area contributed by atoms with E-state index in [0.29, 0.717) is 0 Å². The highest BCUT2D eigenvalue weighted by Crippen LogP contribution is 2.25. The Morgan fingerprint density at radius 2 is 2.07 bits per heavy atom. The Morgan fingerprint density at radius 3 is 2.53 bits per heavy atom. The van der Waals surface area contributed by atoms with E-state index in [9.17, 15) is 9.59 Å². The maximum absolute atomic E-state index is 11.8. The standard InChI is InChI=1S/C12H18O3/c1-8-6-5-7-9(13)10(8)11(14)15-12(2,3)4/h5,7-8,10H,6H2,1-4H3/t8-,10+/m1/s1. The largest absolute Gasteiger partial charge is 0.459 e. The molecule has 1 aliphatic carbocycles. The van der Waals surface area contributed by atoms with Crippen molar-refractivity contribution in [3.63, 3.8) is 0 Å². The Hall–Kier alpha value is -1.12. The number of esters is 1. The summed E-state index contributed by atoms with van der Waals surface area (Å²) in [5.74, 6) is -1.11. The van der Waals surface area contributed by atoms with Crippen molar-refractivity contribution >= 4 is 11.8 Å². The molecule has 0 heterocycles. The van der Waals surface area contributed by atoms with Crippen LogP contribution in [0.25, 0.3) is 0 Å². The van der Waals surface area contributed by atoms with Crippen LogP contribution in [0.1, 0.15) is 34.1 Å². The van der Waals surface area contributed by atoms with Gasteiger partial charge in [-0.3, -0.25) is 9.59 Å². The van der Waals surface area contributed by atoms with Gasteiger partial charge in [0.2, 0.25) is 0 Å². The van der Waals surface area contributed by atoms with Crippen LogP contribution >= 0.6 is 0 Å². The van der Waals surface area contributed by atoms with Crippen molar-refractivity contribution in [3.05, 3.63) is 12.2 Å². The highest BCUT2D eigenvalue weighted by Gasteiger charge is 2.35. The maximum Gasteiger partial charge on any atom is 0.317 e. The molecule has 0 radical (unpaired) electrons. The van der Waals surface area contributed by atoms with Gasteiger partial charge in [0.15, 0.2) is 5.78 Å². The summed E-state index contributed by atoms with van der Waals surface area (Å²) < 4.78 is 5.22. The van der Waals surface area contributed by atoms with E-state index < -0.39 is 17.5 Å². The van der Waals surface area contributed by atoms with Crippen molar-refractivity contribution in [1.82, 2.24) is 0 Å². The number of rotatable bonds is 1. The van der Waals surface area contributed by atoms with E-state index in [1.54, 1.807) is 20.8 Å². The van der Waals surface area contributed by atoms with Crippen LogP contribution in [0.2, 0.25) is 0 Å². The number of allylic oxidation sites excluding steroid dienone is 2. The molecule has 0 bridgehead atoms. The molecule has 3 nitrogen and oxygen atoms in total. The van der Waals surface area contributed by atoms with Crippen LogP contribution < -0.4 is 0 Å². The van der Waals surface area contributed by atoms with E-state index in [2.05, 4.69) is 0 Å². The van der Waals surface area contributed by atoms with Crippen LogP contribution in [0.5, 0.6) is 0 Å². The Labute approximate surface area is 90.5 Å². The molecule has 15 heavy (non-hydrogen) atoms. The first kappa shape index (κ1) is 12.0. The first-order valence-electron chi connectivity index (χ1n) is 5.24. The molecule has 0 unspecified atom stereocenters. The molecule has 0 amide bonds. The molecule has 84 valence electrons. The highest BCUT2D eigenvalue weighted by molar-refractivity contribution is 6.05. The van der Waals surface area contributed by atoms with Crippen LogP contribution in [0.3, 0.4) is 0 Å². The summed E-state index contributed by atoms with van der Waals surface area (Å²) in [7, 11) is 0. The summed E-state index contributed by atoms with van der Waals surface area (Å²) in [6.07, 6.45) is 4.05. The van der Waals surface area contributed by atoms with Crippen molar-refractivity contribution in [2.45, 2.75) is 39.7 Å². The topological polar surface area (TPSA) is 43.4 Å². The normalized spacial score (nSPS) is 26.5. The molecule has 0 aromatic carbocycles. The second-order valence-electron chi connectivity index (χ2n) is 5.03. The summed E-state index contributed by atoms with van der Waals surface area (Å²) in [6, 6.07) is 0. The maximum atomic E-state index is 11.8. The summed E-state index contributed by atoms with van der Waals surface area (Å²) in [5, 5.41) is 0. The third-order valence-electron chi connectivity index (χ3n) is 2.33. The Morgan fingerprint density at radius 1 is 1.47 bits per heavy atom. The number of hydrogen-bond acceptors (Lipinski definition) is 3. The molecule has 0 aromatic heterocycles. The number of carbonyl (C=O) groups is 2. The average Bonchev–Trinajstić information content (AvgIpc) is 1.99. The van der Waals surface area contributed by atoms with Crippen LogP contribution in [0.15, 0.2) is 12.2 Å². The van der Waals surface area contributed by atoms with Gasteiger partial charge in [-0.2, -0.15) is 0 Å². The van der Waals surface area contributed by atoms with E-state index in [1.165, 1.54) is 6.08 Å². The summed E-state index contributed by atoms with van der Waals surface area (Å²) in [6.45, 7) is 7.31. The molecule has 2 atom stereocenters. The minimum absolute atomic E-state index is 0.0392. The predicted molar refractivity (Wildman–Crippen MR) is 57.3 cm³/mol. The molecule has 3 heteroatoms. The molecule has 0 aliphatic heterocycles. The smallest absolute Gasteiger partial charge is 0.317 e. The Balaban J connectivity index is 2.74. The fourth-order valence-corrected chi connectivity index (χ4v) is 1.63. The second kappa shape index (κ2) is 4.17. The SMILES string of the molecule is C[C@@H]1CC=CC(=O)[C@H]1C(=O)OC(C)(C)C. The molecule has 1 aliphatic rings. The van der Waals surface area contributed by atoms with Crippen molar-refractivity contribution in [2.24, 2.45) is 11.8 Å². The third kappa shape index (κ3) is 3.18. The molecule has 0 saturated carbocycles. The molecule has 0 saturated heterocycles. The first-order valence-corrected chi connectivity index (χ1v) is 5.24. The molecular formula is C12H18O3. The fourth-order valence-electron chi connectivity index (χ4n) is 1.63. The van der Waals surface area contributed by atoms with Crippen LogP contribution in [0.4, 0.5) is 0 Å². The highest BCUT2D eigenvalue weighted by atomic mass is 16.6. The monoisotopic (exact) mass is 210 g/mol. The number of hydrogen-bond donors (Lipinski definition) is 0. The molecule has 0 spiro atoms. The zero-order chi connectivity index (χ0) is 11.6. The second-order valence-corrected chi connectivity index (χ2v) is 5.03. The summed E-state index contributed by atoms with van der Waals surface area (Å²) in [5.41, 5.74) is -0.530. The van der Waals surface area contributed by atoms with Crippen LogP contribution in [-0.4, -0.2) is 17.4 Å².